The molecule has 0 bridgehead atoms. The molecule has 106 valence electrons. The Morgan fingerprint density at radius 3 is 2.62 bits per heavy atom. The van der Waals surface area contributed by atoms with Gasteiger partial charge in [-0.15, -0.1) is 0 Å². The van der Waals surface area contributed by atoms with E-state index in [1.165, 1.54) is 0 Å². The number of ether oxygens (including phenoxy) is 1. The highest BCUT2D eigenvalue weighted by Crippen LogP contribution is 2.29. The predicted octanol–water partition coefficient (Wildman–Crippen LogP) is 2.33. The number of hydrogen-bond acceptors (Lipinski definition) is 3. The van der Waals surface area contributed by atoms with Crippen LogP contribution < -0.4 is 15.4 Å². The fourth-order valence-corrected chi connectivity index (χ4v) is 2.07. The minimum Gasteiger partial charge on any atom is -0.468 e. The number of anilines is 2. The van der Waals surface area contributed by atoms with E-state index < -0.39 is 17.9 Å². The molecular weight excluding hydrogens is 268 g/mol. The van der Waals surface area contributed by atoms with Crippen molar-refractivity contribution in [2.45, 2.75) is 13.0 Å². The molecule has 2 aromatic rings. The molecule has 1 aliphatic rings. The average Bonchev–Trinajstić information content (AvgIpc) is 2.49. The zero-order valence-corrected chi connectivity index (χ0v) is 11.4. The van der Waals surface area contributed by atoms with Crippen LogP contribution in [-0.2, 0) is 9.59 Å². The highest BCUT2D eigenvalue weighted by atomic mass is 16.5. The molecule has 1 atom stereocenters. The van der Waals surface area contributed by atoms with Gasteiger partial charge < -0.3 is 15.4 Å². The van der Waals surface area contributed by atoms with Gasteiger partial charge in [0.2, 0.25) is 0 Å². The van der Waals surface area contributed by atoms with Gasteiger partial charge in [-0.3, -0.25) is 9.59 Å². The molecular formula is C16H14N2O3. The molecule has 0 saturated heterocycles. The lowest BCUT2D eigenvalue weighted by Gasteiger charge is -2.24. The molecule has 2 aromatic carbocycles. The lowest BCUT2D eigenvalue weighted by molar-refractivity contribution is -0.133. The van der Waals surface area contributed by atoms with Gasteiger partial charge in [-0.25, -0.2) is 0 Å². The van der Waals surface area contributed by atoms with Crippen molar-refractivity contribution in [2.75, 3.05) is 10.6 Å². The van der Waals surface area contributed by atoms with Gasteiger partial charge in [0.15, 0.2) is 0 Å². The molecule has 0 saturated carbocycles. The first kappa shape index (κ1) is 13.2. The second kappa shape index (κ2) is 5.28. The second-order valence-corrected chi connectivity index (χ2v) is 4.84. The van der Waals surface area contributed by atoms with Gasteiger partial charge >= 0.3 is 0 Å². The third kappa shape index (κ3) is 2.72. The maximum atomic E-state index is 12.2. The number of carbonyl (C=O) groups is 2. The van der Waals surface area contributed by atoms with Crippen molar-refractivity contribution in [3.05, 3.63) is 54.1 Å². The molecule has 2 N–H and O–H groups in total. The Hall–Kier alpha value is -2.82. The molecule has 0 unspecified atom stereocenters. The molecule has 0 spiro atoms. The van der Waals surface area contributed by atoms with E-state index >= 15 is 0 Å². The van der Waals surface area contributed by atoms with Gasteiger partial charge in [-0.05, 0) is 31.2 Å². The monoisotopic (exact) mass is 282 g/mol. The van der Waals surface area contributed by atoms with E-state index in [4.69, 9.17) is 4.74 Å². The summed E-state index contributed by atoms with van der Waals surface area (Å²) in [6.07, 6.45) is -1.19. The summed E-state index contributed by atoms with van der Waals surface area (Å²) >= 11 is 0. The molecule has 21 heavy (non-hydrogen) atoms. The fourth-order valence-electron chi connectivity index (χ4n) is 2.07. The molecule has 1 heterocycles. The van der Waals surface area contributed by atoms with Crippen LogP contribution in [0.25, 0.3) is 0 Å². The molecule has 0 radical (unpaired) electrons. The molecule has 1 aliphatic heterocycles. The van der Waals surface area contributed by atoms with Gasteiger partial charge in [0.25, 0.3) is 17.9 Å². The number of amides is 2. The summed E-state index contributed by atoms with van der Waals surface area (Å²) in [6, 6.07) is 14.3. The topological polar surface area (TPSA) is 67.4 Å². The van der Waals surface area contributed by atoms with Crippen LogP contribution in [0.4, 0.5) is 11.4 Å². The number of para-hydroxylation sites is 2. The Morgan fingerprint density at radius 2 is 1.86 bits per heavy atom. The van der Waals surface area contributed by atoms with Crippen LogP contribution in [-0.4, -0.2) is 17.9 Å². The van der Waals surface area contributed by atoms with Crippen molar-refractivity contribution in [1.82, 2.24) is 0 Å². The predicted molar refractivity (Wildman–Crippen MR) is 79.3 cm³/mol. The van der Waals surface area contributed by atoms with Crippen LogP contribution >= 0.6 is 0 Å². The van der Waals surface area contributed by atoms with E-state index in [-0.39, 0.29) is 0 Å². The third-order valence-corrected chi connectivity index (χ3v) is 3.19. The molecule has 5 nitrogen and oxygen atoms in total. The van der Waals surface area contributed by atoms with Crippen molar-refractivity contribution in [3.8, 4) is 5.75 Å². The highest BCUT2D eigenvalue weighted by Gasteiger charge is 2.33. The summed E-state index contributed by atoms with van der Waals surface area (Å²) in [4.78, 5) is 24.1. The standard InChI is InChI=1S/C16H14N2O3/c1-10-6-8-11(9-7-10)17-15(19)14-16(20)18-12-4-2-3-5-13(12)21-14/h2-9,14H,1H3,(H,17,19)(H,18,20)/t14-/m0/s1. The van der Waals surface area contributed by atoms with Crippen molar-refractivity contribution < 1.29 is 14.3 Å². The minimum absolute atomic E-state index is 0.474. The van der Waals surface area contributed by atoms with Crippen molar-refractivity contribution >= 4 is 23.2 Å². The summed E-state index contributed by atoms with van der Waals surface area (Å²) < 4.78 is 5.48. The van der Waals surface area contributed by atoms with E-state index in [9.17, 15) is 9.59 Å². The molecule has 0 aromatic heterocycles. The van der Waals surface area contributed by atoms with Gasteiger partial charge in [-0.1, -0.05) is 29.8 Å². The van der Waals surface area contributed by atoms with E-state index in [0.717, 1.165) is 5.56 Å². The summed E-state index contributed by atoms with van der Waals surface area (Å²) in [6.45, 7) is 1.96. The summed E-state index contributed by atoms with van der Waals surface area (Å²) in [5.41, 5.74) is 2.29. The van der Waals surface area contributed by atoms with Crippen LogP contribution in [0.3, 0.4) is 0 Å². The summed E-state index contributed by atoms with van der Waals surface area (Å²) in [5.74, 6) is -0.481. The highest BCUT2D eigenvalue weighted by molar-refractivity contribution is 6.15. The number of aryl methyl sites for hydroxylation is 1. The van der Waals surface area contributed by atoms with E-state index in [2.05, 4.69) is 10.6 Å². The quantitative estimate of drug-likeness (QED) is 0.831. The Bertz CT molecular complexity index is 695. The van der Waals surface area contributed by atoms with E-state index in [1.54, 1.807) is 36.4 Å². The molecule has 5 heteroatoms. The van der Waals surface area contributed by atoms with Crippen LogP contribution in [0.5, 0.6) is 5.75 Å². The lowest BCUT2D eigenvalue weighted by atomic mass is 10.2. The minimum atomic E-state index is -1.19. The van der Waals surface area contributed by atoms with E-state index in [1.807, 2.05) is 19.1 Å². The molecule has 0 fully saturated rings. The zero-order valence-electron chi connectivity index (χ0n) is 11.4. The third-order valence-electron chi connectivity index (χ3n) is 3.19. The maximum Gasteiger partial charge on any atom is 0.275 e. The molecule has 0 aliphatic carbocycles. The normalized spacial score (nSPS) is 16.4. The Morgan fingerprint density at radius 1 is 1.14 bits per heavy atom. The zero-order chi connectivity index (χ0) is 14.8. The van der Waals surface area contributed by atoms with Gasteiger partial charge in [-0.2, -0.15) is 0 Å². The van der Waals surface area contributed by atoms with Crippen LogP contribution in [0.1, 0.15) is 5.56 Å². The summed E-state index contributed by atoms with van der Waals surface area (Å²) in [7, 11) is 0. The first-order valence-corrected chi connectivity index (χ1v) is 6.57. The van der Waals surface area contributed by atoms with E-state index in [0.29, 0.717) is 17.1 Å². The molecule has 3 rings (SSSR count). The SMILES string of the molecule is Cc1ccc(NC(=O)[C@@H]2Oc3ccccc3NC2=O)cc1. The number of fused-ring (bicyclic) bond motifs is 1. The average molecular weight is 282 g/mol. The lowest BCUT2D eigenvalue weighted by Crippen LogP contribution is -2.45. The van der Waals surface area contributed by atoms with Crippen LogP contribution in [0, 0.1) is 6.92 Å². The number of nitrogens with one attached hydrogen (secondary N) is 2. The van der Waals surface area contributed by atoms with Crippen LogP contribution in [0.15, 0.2) is 48.5 Å². The smallest absolute Gasteiger partial charge is 0.275 e. The number of rotatable bonds is 2. The second-order valence-electron chi connectivity index (χ2n) is 4.84. The first-order chi connectivity index (χ1) is 10.1. The van der Waals surface area contributed by atoms with Crippen molar-refractivity contribution in [1.29, 1.82) is 0 Å². The first-order valence-electron chi connectivity index (χ1n) is 6.57. The Kier molecular flexibility index (Phi) is 3.31. The largest absolute Gasteiger partial charge is 0.468 e. The number of hydrogen-bond donors (Lipinski definition) is 2. The van der Waals surface area contributed by atoms with Gasteiger partial charge in [0, 0.05) is 5.69 Å². The maximum absolute atomic E-state index is 12.2. The van der Waals surface area contributed by atoms with Gasteiger partial charge in [0.05, 0.1) is 5.69 Å². The Balaban J connectivity index is 1.76. The fraction of sp³-hybridized carbons (Fsp3) is 0.125. The van der Waals surface area contributed by atoms with Gasteiger partial charge in [0.1, 0.15) is 5.75 Å². The van der Waals surface area contributed by atoms with Crippen LogP contribution in [0.2, 0.25) is 0 Å². The van der Waals surface area contributed by atoms with Crippen molar-refractivity contribution in [2.24, 2.45) is 0 Å². The molecule has 2 amide bonds. The number of carbonyl (C=O) groups excluding carboxylic acids is 2. The summed E-state index contributed by atoms with van der Waals surface area (Å²) in [5, 5.41) is 5.34. The van der Waals surface area contributed by atoms with Crippen molar-refractivity contribution in [3.63, 3.8) is 0 Å². The Labute approximate surface area is 121 Å². The number of benzene rings is 2.